The summed E-state index contributed by atoms with van der Waals surface area (Å²) >= 11 is 0. The lowest BCUT2D eigenvalue weighted by Gasteiger charge is -2.11. The van der Waals surface area contributed by atoms with Crippen LogP contribution in [0.2, 0.25) is 0 Å². The zero-order valence-electron chi connectivity index (χ0n) is 21.9. The number of nitro groups is 2. The number of hydrogen-bond donors (Lipinski definition) is 3. The van der Waals surface area contributed by atoms with Gasteiger partial charge in [0.1, 0.15) is 12.6 Å². The fraction of sp³-hybridized carbons (Fsp3) is 0.0357. The van der Waals surface area contributed by atoms with E-state index in [1.165, 1.54) is 42.6 Å². The van der Waals surface area contributed by atoms with E-state index in [2.05, 4.69) is 20.9 Å². The number of halogens is 2. The minimum absolute atomic E-state index is 0. The summed E-state index contributed by atoms with van der Waals surface area (Å²) in [6, 6.07) is 20.8. The maximum atomic E-state index is 13.0. The molecule has 0 aliphatic carbocycles. The molecule has 5 aromatic rings. The van der Waals surface area contributed by atoms with Gasteiger partial charge in [-0.2, -0.15) is 0 Å². The van der Waals surface area contributed by atoms with Crippen molar-refractivity contribution >= 4 is 69.0 Å². The third-order valence-electron chi connectivity index (χ3n) is 6.06. The van der Waals surface area contributed by atoms with Gasteiger partial charge in [-0.1, -0.05) is 0 Å². The molecule has 214 valence electrons. The minimum atomic E-state index is -0.639. The van der Waals surface area contributed by atoms with Gasteiger partial charge < -0.3 is 28.4 Å². The molecule has 2 heterocycles. The molecule has 3 N–H and O–H groups in total. The Hall–Kier alpha value is -5.33. The van der Waals surface area contributed by atoms with Crippen LogP contribution in [0.1, 0.15) is 10.4 Å². The van der Waals surface area contributed by atoms with Gasteiger partial charge in [0.15, 0.2) is 12.4 Å². The summed E-state index contributed by atoms with van der Waals surface area (Å²) in [6.07, 6.45) is 5.35. The second-order valence-electron chi connectivity index (χ2n) is 8.84. The van der Waals surface area contributed by atoms with Crippen molar-refractivity contribution < 1.29 is 31.6 Å². The van der Waals surface area contributed by atoms with Crippen LogP contribution < -0.4 is 32.9 Å². The molecule has 1 amide bonds. The molecule has 0 radical (unpaired) electrons. The topological polar surface area (TPSA) is 156 Å². The van der Waals surface area contributed by atoms with Crippen molar-refractivity contribution in [3.63, 3.8) is 0 Å². The van der Waals surface area contributed by atoms with Gasteiger partial charge in [-0.3, -0.25) is 30.0 Å². The second kappa shape index (κ2) is 13.4. The number of carbonyl (C=O) groups is 1. The van der Waals surface area contributed by atoms with Gasteiger partial charge in [0.25, 0.3) is 17.3 Å². The summed E-state index contributed by atoms with van der Waals surface area (Å²) in [5.74, 6) is -0.639. The fourth-order valence-corrected chi connectivity index (χ4v) is 4.05. The zero-order valence-corrected chi connectivity index (χ0v) is 23.4. The number of nitro benzene ring substituents is 2. The smallest absolute Gasteiger partial charge is 0.284 e. The van der Waals surface area contributed by atoms with E-state index in [-0.39, 0.29) is 36.1 Å². The molecule has 0 saturated carbocycles. The van der Waals surface area contributed by atoms with Crippen LogP contribution in [-0.4, -0.2) is 20.7 Å². The Morgan fingerprint density at radius 2 is 1.43 bits per heavy atom. The molecular formula is C28H23Cl2N7O5. The van der Waals surface area contributed by atoms with E-state index < -0.39 is 21.4 Å². The number of aryl methyl sites for hydroxylation is 1. The lowest BCUT2D eigenvalue weighted by molar-refractivity contribution is -0.671. The highest BCUT2D eigenvalue weighted by Gasteiger charge is 2.21. The summed E-state index contributed by atoms with van der Waals surface area (Å²) < 4.78 is 1.92. The molecule has 0 saturated heterocycles. The van der Waals surface area contributed by atoms with Gasteiger partial charge >= 0.3 is 0 Å². The van der Waals surface area contributed by atoms with Gasteiger partial charge in [0.05, 0.1) is 21.1 Å². The Labute approximate surface area is 251 Å². The van der Waals surface area contributed by atoms with E-state index >= 15 is 0 Å². The highest BCUT2D eigenvalue weighted by Crippen LogP contribution is 2.31. The van der Waals surface area contributed by atoms with Crippen molar-refractivity contribution in [3.8, 4) is 0 Å². The number of fused-ring (bicyclic) bond motifs is 1. The van der Waals surface area contributed by atoms with Crippen LogP contribution in [0.5, 0.6) is 0 Å². The molecule has 0 aliphatic rings. The average Bonchev–Trinajstić information content (AvgIpc) is 2.95. The molecule has 0 bridgehead atoms. The fourth-order valence-electron chi connectivity index (χ4n) is 4.05. The van der Waals surface area contributed by atoms with E-state index in [4.69, 9.17) is 0 Å². The third-order valence-corrected chi connectivity index (χ3v) is 6.06. The normalized spacial score (nSPS) is 10.1. The third kappa shape index (κ3) is 7.05. The van der Waals surface area contributed by atoms with Crippen molar-refractivity contribution in [1.82, 2.24) is 4.98 Å². The van der Waals surface area contributed by atoms with Crippen molar-refractivity contribution in [2.75, 3.05) is 16.0 Å². The van der Waals surface area contributed by atoms with Crippen molar-refractivity contribution in [2.45, 2.75) is 0 Å². The van der Waals surface area contributed by atoms with Crippen LogP contribution in [0.25, 0.3) is 10.9 Å². The second-order valence-corrected chi connectivity index (χ2v) is 8.84. The molecule has 3 aromatic carbocycles. The highest BCUT2D eigenvalue weighted by molar-refractivity contribution is 6.07. The Bertz CT molecular complexity index is 1770. The number of nitrogens with zero attached hydrogens (tertiary/aromatic N) is 4. The number of hydrogen-bond acceptors (Lipinski definition) is 8. The number of rotatable bonds is 8. The summed E-state index contributed by atoms with van der Waals surface area (Å²) in [5.41, 5.74) is 2.86. The summed E-state index contributed by atoms with van der Waals surface area (Å²) in [6.45, 7) is 0. The SMILES string of the molecule is C[n+]1ccc(Nc2ccc(NC(=O)c3ccc(Nc4ccnc5ccc([N+](=O)[O-])cc45)cc3[N+](=O)[O-])cc2)cc1.Cl.[Cl-]. The quantitative estimate of drug-likeness (QED) is 0.138. The number of carbonyl (C=O) groups excluding carboxylic acids is 1. The number of benzene rings is 3. The summed E-state index contributed by atoms with van der Waals surface area (Å²) in [7, 11) is 1.92. The number of non-ortho nitro benzene ring substituents is 1. The maximum Gasteiger partial charge on any atom is 0.284 e. The first-order valence-electron chi connectivity index (χ1n) is 12.0. The maximum absolute atomic E-state index is 13.0. The number of pyridine rings is 2. The Morgan fingerprint density at radius 1 is 0.786 bits per heavy atom. The van der Waals surface area contributed by atoms with E-state index in [0.29, 0.717) is 28.0 Å². The molecule has 0 aliphatic heterocycles. The van der Waals surface area contributed by atoms with Crippen LogP contribution in [0, 0.1) is 20.2 Å². The van der Waals surface area contributed by atoms with Gasteiger partial charge in [-0.25, -0.2) is 4.57 Å². The number of aromatic nitrogens is 2. The Kier molecular flexibility index (Phi) is 9.92. The van der Waals surface area contributed by atoms with Gasteiger partial charge in [0, 0.05) is 64.7 Å². The van der Waals surface area contributed by atoms with E-state index in [1.54, 1.807) is 30.3 Å². The van der Waals surface area contributed by atoms with Crippen molar-refractivity contribution in [3.05, 3.63) is 123 Å². The molecule has 0 fully saturated rings. The molecule has 5 rings (SSSR count). The molecule has 14 heteroatoms. The molecule has 0 atom stereocenters. The Morgan fingerprint density at radius 3 is 2.10 bits per heavy atom. The number of anilines is 5. The largest absolute Gasteiger partial charge is 1.00 e. The minimum Gasteiger partial charge on any atom is -1.00 e. The van der Waals surface area contributed by atoms with Crippen molar-refractivity contribution in [1.29, 1.82) is 0 Å². The average molecular weight is 608 g/mol. The van der Waals surface area contributed by atoms with Crippen LogP contribution in [0.15, 0.2) is 97.5 Å². The molecule has 0 unspecified atom stereocenters. The predicted octanol–water partition coefficient (Wildman–Crippen LogP) is 3.04. The van der Waals surface area contributed by atoms with Crippen LogP contribution >= 0.6 is 12.4 Å². The van der Waals surface area contributed by atoms with Crippen molar-refractivity contribution in [2.24, 2.45) is 7.05 Å². The molecule has 2 aromatic heterocycles. The van der Waals surface area contributed by atoms with E-state index in [9.17, 15) is 25.0 Å². The van der Waals surface area contributed by atoms with E-state index in [0.717, 1.165) is 11.4 Å². The molecule has 42 heavy (non-hydrogen) atoms. The monoisotopic (exact) mass is 607 g/mol. The van der Waals surface area contributed by atoms with Gasteiger partial charge in [0.2, 0.25) is 0 Å². The first kappa shape index (κ1) is 31.2. The lowest BCUT2D eigenvalue weighted by atomic mass is 10.1. The van der Waals surface area contributed by atoms with Crippen LogP contribution in [-0.2, 0) is 7.05 Å². The van der Waals surface area contributed by atoms with E-state index in [1.807, 2.05) is 36.1 Å². The highest BCUT2D eigenvalue weighted by atomic mass is 35.5. The zero-order chi connectivity index (χ0) is 28.2. The number of amides is 1. The Balaban J connectivity index is 0.00000242. The summed E-state index contributed by atoms with van der Waals surface area (Å²) in [4.78, 5) is 39.1. The first-order valence-corrected chi connectivity index (χ1v) is 12.0. The van der Waals surface area contributed by atoms with Gasteiger partial charge in [-0.15, -0.1) is 12.4 Å². The molecular weight excluding hydrogens is 585 g/mol. The van der Waals surface area contributed by atoms with Crippen LogP contribution in [0.4, 0.5) is 39.8 Å². The van der Waals surface area contributed by atoms with Gasteiger partial charge in [-0.05, 0) is 48.5 Å². The standard InChI is InChI=1S/C28H21N7O5.2ClH/c1-33-14-11-20(12-15-33)30-18-2-4-19(5-3-18)32-28(36)23-8-6-21(16-27(23)35(39)40)31-26-10-13-29-25-9-7-22(34(37)38)17-24(25)26;;/h2-17H,1H3,(H2,29,31,32,36);2*1H. The molecule has 0 spiro atoms. The summed E-state index contributed by atoms with van der Waals surface area (Å²) in [5, 5.41) is 32.5. The molecule has 12 nitrogen and oxygen atoms in total. The lowest BCUT2D eigenvalue weighted by Crippen LogP contribution is -3.00. The van der Waals surface area contributed by atoms with Crippen LogP contribution in [0.3, 0.4) is 0 Å². The predicted molar refractivity (Wildman–Crippen MR) is 157 cm³/mol. The number of nitrogens with one attached hydrogen (secondary N) is 3. The first-order chi connectivity index (χ1) is 19.3.